The summed E-state index contributed by atoms with van der Waals surface area (Å²) < 4.78 is 7.49. The number of aromatic nitrogens is 1. The average Bonchev–Trinajstić information content (AvgIpc) is 3.21. The molecule has 0 atom stereocenters. The Labute approximate surface area is 201 Å². The van der Waals surface area contributed by atoms with Gasteiger partial charge in [-0.1, -0.05) is 35.4 Å². The molecule has 5 heteroatoms. The standard InChI is InChI=1S/C29H30N2O3/c1-7-34-29(33)27-22(6)31(25-14-10-19(3)11-15-25)28(32)26(27)17-23-16-20(4)30(21(23)5)24-12-8-18(2)9-13-24/h8-17H,7H2,1-6H3. The Morgan fingerprint density at radius 3 is 2.00 bits per heavy atom. The molecule has 0 aliphatic carbocycles. The van der Waals surface area contributed by atoms with E-state index in [-0.39, 0.29) is 12.5 Å². The van der Waals surface area contributed by atoms with Gasteiger partial charge in [-0.3, -0.25) is 9.69 Å². The van der Waals surface area contributed by atoms with Gasteiger partial charge in [-0.05, 0) is 83.5 Å². The first-order valence-electron chi connectivity index (χ1n) is 11.5. The third kappa shape index (κ3) is 4.10. The normalized spacial score (nSPS) is 14.9. The van der Waals surface area contributed by atoms with E-state index in [2.05, 4.69) is 35.8 Å². The van der Waals surface area contributed by atoms with Crippen molar-refractivity contribution < 1.29 is 14.3 Å². The molecule has 0 saturated carbocycles. The zero-order chi connectivity index (χ0) is 24.6. The number of aryl methyl sites for hydroxylation is 3. The lowest BCUT2D eigenvalue weighted by Gasteiger charge is -2.18. The van der Waals surface area contributed by atoms with E-state index in [1.807, 2.05) is 57.2 Å². The second-order valence-corrected chi connectivity index (χ2v) is 8.71. The molecule has 0 spiro atoms. The monoisotopic (exact) mass is 454 g/mol. The Hall–Kier alpha value is -3.86. The van der Waals surface area contributed by atoms with E-state index >= 15 is 0 Å². The SMILES string of the molecule is CCOC(=O)C1=C(C)N(c2ccc(C)cc2)C(=O)C1=Cc1cc(C)n(-c2ccc(C)cc2)c1C. The van der Waals surface area contributed by atoms with Gasteiger partial charge in [0.15, 0.2) is 0 Å². The highest BCUT2D eigenvalue weighted by atomic mass is 16.5. The highest BCUT2D eigenvalue weighted by molar-refractivity contribution is 6.23. The first-order chi connectivity index (χ1) is 16.2. The van der Waals surface area contributed by atoms with Gasteiger partial charge in [-0.2, -0.15) is 0 Å². The van der Waals surface area contributed by atoms with Crippen LogP contribution in [0.25, 0.3) is 11.8 Å². The second kappa shape index (κ2) is 9.18. The van der Waals surface area contributed by atoms with Crippen molar-refractivity contribution in [3.8, 4) is 5.69 Å². The van der Waals surface area contributed by atoms with Crippen molar-refractivity contribution in [2.45, 2.75) is 41.5 Å². The lowest BCUT2D eigenvalue weighted by molar-refractivity contribution is -0.138. The van der Waals surface area contributed by atoms with E-state index in [1.54, 1.807) is 18.7 Å². The van der Waals surface area contributed by atoms with Crippen LogP contribution in [0.4, 0.5) is 5.69 Å². The predicted molar refractivity (Wildman–Crippen MR) is 136 cm³/mol. The number of nitrogens with zero attached hydrogens (tertiary/aromatic N) is 2. The summed E-state index contributed by atoms with van der Waals surface area (Å²) >= 11 is 0. The van der Waals surface area contributed by atoms with E-state index in [0.29, 0.717) is 16.8 Å². The molecule has 0 unspecified atom stereocenters. The Morgan fingerprint density at radius 2 is 1.44 bits per heavy atom. The molecule has 0 N–H and O–H groups in total. The summed E-state index contributed by atoms with van der Waals surface area (Å²) in [5.74, 6) is -0.717. The third-order valence-corrected chi connectivity index (χ3v) is 6.23. The van der Waals surface area contributed by atoms with E-state index in [1.165, 1.54) is 5.56 Å². The molecule has 1 amide bonds. The lowest BCUT2D eigenvalue weighted by Crippen LogP contribution is -2.24. The highest BCUT2D eigenvalue weighted by Crippen LogP contribution is 2.36. The van der Waals surface area contributed by atoms with Crippen molar-refractivity contribution >= 4 is 23.6 Å². The smallest absolute Gasteiger partial charge is 0.340 e. The first-order valence-corrected chi connectivity index (χ1v) is 11.5. The van der Waals surface area contributed by atoms with Crippen LogP contribution >= 0.6 is 0 Å². The van der Waals surface area contributed by atoms with Crippen LogP contribution < -0.4 is 4.90 Å². The number of benzene rings is 2. The lowest BCUT2D eigenvalue weighted by atomic mass is 10.0. The molecule has 0 radical (unpaired) electrons. The van der Waals surface area contributed by atoms with Crippen molar-refractivity contribution in [3.63, 3.8) is 0 Å². The molecule has 1 aromatic heterocycles. The largest absolute Gasteiger partial charge is 0.462 e. The van der Waals surface area contributed by atoms with Crippen LogP contribution in [0.1, 0.15) is 41.9 Å². The fraction of sp³-hybridized carbons (Fsp3) is 0.241. The minimum atomic E-state index is -0.485. The molecule has 0 saturated heterocycles. The quantitative estimate of drug-likeness (QED) is 0.352. The zero-order valence-corrected chi connectivity index (χ0v) is 20.6. The number of hydrogen-bond donors (Lipinski definition) is 0. The van der Waals surface area contributed by atoms with Crippen LogP contribution in [0.15, 0.2) is 71.4 Å². The van der Waals surface area contributed by atoms with E-state index < -0.39 is 5.97 Å². The Balaban J connectivity index is 1.84. The Morgan fingerprint density at radius 1 is 0.882 bits per heavy atom. The first kappa shape index (κ1) is 23.3. The summed E-state index contributed by atoms with van der Waals surface area (Å²) in [5.41, 5.74) is 8.25. The molecule has 0 fully saturated rings. The summed E-state index contributed by atoms with van der Waals surface area (Å²) in [6.07, 6.45) is 1.82. The van der Waals surface area contributed by atoms with E-state index in [4.69, 9.17) is 4.74 Å². The number of carbonyl (C=O) groups excluding carboxylic acids is 2. The van der Waals surface area contributed by atoms with Crippen LogP contribution in [0.3, 0.4) is 0 Å². The van der Waals surface area contributed by atoms with E-state index in [9.17, 15) is 9.59 Å². The number of anilines is 1. The molecule has 2 heterocycles. The van der Waals surface area contributed by atoms with Crippen molar-refractivity contribution in [3.05, 3.63) is 99.5 Å². The van der Waals surface area contributed by atoms with Gasteiger partial charge >= 0.3 is 5.97 Å². The third-order valence-electron chi connectivity index (χ3n) is 6.23. The number of allylic oxidation sites excluding steroid dienone is 1. The van der Waals surface area contributed by atoms with Crippen LogP contribution in [0, 0.1) is 27.7 Å². The maximum Gasteiger partial charge on any atom is 0.340 e. The summed E-state index contributed by atoms with van der Waals surface area (Å²) in [6.45, 7) is 11.9. The Bertz CT molecular complexity index is 1320. The van der Waals surface area contributed by atoms with Crippen LogP contribution in [0.5, 0.6) is 0 Å². The molecule has 2 aromatic carbocycles. The Kier molecular flexibility index (Phi) is 6.29. The maximum absolute atomic E-state index is 13.6. The molecule has 5 nitrogen and oxygen atoms in total. The second-order valence-electron chi connectivity index (χ2n) is 8.71. The number of rotatable bonds is 5. The van der Waals surface area contributed by atoms with Crippen molar-refractivity contribution in [1.82, 2.24) is 4.57 Å². The van der Waals surface area contributed by atoms with Crippen molar-refractivity contribution in [2.75, 3.05) is 11.5 Å². The van der Waals surface area contributed by atoms with Crippen molar-refractivity contribution in [2.24, 2.45) is 0 Å². The summed E-state index contributed by atoms with van der Waals surface area (Å²) in [6, 6.07) is 18.1. The van der Waals surface area contributed by atoms with Crippen molar-refractivity contribution in [1.29, 1.82) is 0 Å². The summed E-state index contributed by atoms with van der Waals surface area (Å²) in [7, 11) is 0. The molecule has 1 aliphatic rings. The van der Waals surface area contributed by atoms with Crippen LogP contribution in [-0.4, -0.2) is 23.1 Å². The molecule has 0 bridgehead atoms. The van der Waals surface area contributed by atoms with Gasteiger partial charge in [-0.25, -0.2) is 4.79 Å². The van der Waals surface area contributed by atoms with Gasteiger partial charge in [0, 0.05) is 28.5 Å². The summed E-state index contributed by atoms with van der Waals surface area (Å²) in [5, 5.41) is 0. The van der Waals surface area contributed by atoms with Gasteiger partial charge in [0.2, 0.25) is 0 Å². The topological polar surface area (TPSA) is 51.5 Å². The molecule has 1 aliphatic heterocycles. The number of ether oxygens (including phenoxy) is 1. The molecule has 4 rings (SSSR count). The van der Waals surface area contributed by atoms with Gasteiger partial charge in [0.1, 0.15) is 0 Å². The maximum atomic E-state index is 13.6. The summed E-state index contributed by atoms with van der Waals surface area (Å²) in [4.78, 5) is 28.2. The minimum absolute atomic E-state index is 0.232. The molecular weight excluding hydrogens is 424 g/mol. The van der Waals surface area contributed by atoms with Crippen LogP contribution in [-0.2, 0) is 14.3 Å². The number of hydrogen-bond acceptors (Lipinski definition) is 3. The predicted octanol–water partition coefficient (Wildman–Crippen LogP) is 5.98. The molecule has 174 valence electrons. The molecular formula is C29H30N2O3. The van der Waals surface area contributed by atoms with Gasteiger partial charge in [0.05, 0.1) is 17.8 Å². The average molecular weight is 455 g/mol. The van der Waals surface area contributed by atoms with Gasteiger partial charge in [-0.15, -0.1) is 0 Å². The number of esters is 1. The zero-order valence-electron chi connectivity index (χ0n) is 20.6. The number of amides is 1. The van der Waals surface area contributed by atoms with Gasteiger partial charge < -0.3 is 9.30 Å². The number of carbonyl (C=O) groups is 2. The fourth-order valence-corrected chi connectivity index (χ4v) is 4.47. The highest BCUT2D eigenvalue weighted by Gasteiger charge is 2.38. The van der Waals surface area contributed by atoms with Gasteiger partial charge in [0.25, 0.3) is 5.91 Å². The van der Waals surface area contributed by atoms with Crippen LogP contribution in [0.2, 0.25) is 0 Å². The van der Waals surface area contributed by atoms with E-state index in [0.717, 1.165) is 33.9 Å². The fourth-order valence-electron chi connectivity index (χ4n) is 4.47. The molecule has 3 aromatic rings. The molecule has 34 heavy (non-hydrogen) atoms. The minimum Gasteiger partial charge on any atom is -0.462 e.